The van der Waals surface area contributed by atoms with E-state index in [1.54, 1.807) is 18.7 Å². The van der Waals surface area contributed by atoms with E-state index in [2.05, 4.69) is 34.7 Å². The van der Waals surface area contributed by atoms with Crippen molar-refractivity contribution in [2.45, 2.75) is 25.3 Å². The number of carbonyl (C=O) groups excluding carboxylic acids is 1. The summed E-state index contributed by atoms with van der Waals surface area (Å²) in [5.41, 5.74) is 7.61. The number of hydrogen-bond acceptors (Lipinski definition) is 4. The normalized spacial score (nSPS) is 15.7. The van der Waals surface area contributed by atoms with Crippen molar-refractivity contribution in [3.63, 3.8) is 0 Å². The Morgan fingerprint density at radius 2 is 2.21 bits per heavy atom. The molecule has 4 rings (SSSR count). The van der Waals surface area contributed by atoms with Crippen molar-refractivity contribution in [3.05, 3.63) is 70.9 Å². The number of nitrogens with one attached hydrogen (secondary N) is 3. The maximum Gasteiger partial charge on any atom is 0.267 e. The lowest BCUT2D eigenvalue weighted by Gasteiger charge is -2.14. The molecule has 1 heterocycles. The lowest BCUT2D eigenvalue weighted by Crippen LogP contribution is -2.21. The SMILES string of the molecule is COc1ccc2c(CCNC3CCc4cc(/C=C/C(=O)NO)ccc43)c[nH]c2c1. The van der Waals surface area contributed by atoms with Gasteiger partial charge in [-0.2, -0.15) is 0 Å². The Labute approximate surface area is 169 Å². The predicted octanol–water partition coefficient (Wildman–Crippen LogP) is 3.51. The molecule has 0 saturated heterocycles. The van der Waals surface area contributed by atoms with Crippen LogP contribution in [0.15, 0.2) is 48.7 Å². The number of H-pyrrole nitrogens is 1. The van der Waals surface area contributed by atoms with E-state index in [1.807, 2.05) is 18.2 Å². The summed E-state index contributed by atoms with van der Waals surface area (Å²) in [4.78, 5) is 14.5. The fourth-order valence-electron chi connectivity index (χ4n) is 4.04. The van der Waals surface area contributed by atoms with E-state index in [4.69, 9.17) is 9.94 Å². The number of aromatic nitrogens is 1. The molecule has 1 atom stereocenters. The molecule has 6 nitrogen and oxygen atoms in total. The van der Waals surface area contributed by atoms with E-state index >= 15 is 0 Å². The molecule has 0 aliphatic heterocycles. The second-order valence-electron chi connectivity index (χ2n) is 7.29. The van der Waals surface area contributed by atoms with Gasteiger partial charge in [-0.15, -0.1) is 0 Å². The largest absolute Gasteiger partial charge is 0.497 e. The highest BCUT2D eigenvalue weighted by Gasteiger charge is 2.21. The van der Waals surface area contributed by atoms with Crippen LogP contribution < -0.4 is 15.5 Å². The fraction of sp³-hybridized carbons (Fsp3) is 0.261. The number of ether oxygens (including phenoxy) is 1. The van der Waals surface area contributed by atoms with E-state index in [0.29, 0.717) is 6.04 Å². The van der Waals surface area contributed by atoms with Gasteiger partial charge in [0, 0.05) is 35.3 Å². The summed E-state index contributed by atoms with van der Waals surface area (Å²) in [6.45, 7) is 0.904. The summed E-state index contributed by atoms with van der Waals surface area (Å²) in [7, 11) is 1.68. The van der Waals surface area contributed by atoms with Gasteiger partial charge in [0.05, 0.1) is 7.11 Å². The second kappa shape index (κ2) is 8.51. The molecule has 0 fully saturated rings. The summed E-state index contributed by atoms with van der Waals surface area (Å²) in [6.07, 6.45) is 8.16. The summed E-state index contributed by atoms with van der Waals surface area (Å²) >= 11 is 0. The Morgan fingerprint density at radius 3 is 3.03 bits per heavy atom. The van der Waals surface area contributed by atoms with Crippen LogP contribution in [0.25, 0.3) is 17.0 Å². The van der Waals surface area contributed by atoms with Gasteiger partial charge in [0.15, 0.2) is 0 Å². The molecular weight excluding hydrogens is 366 g/mol. The molecule has 1 unspecified atom stereocenters. The minimum Gasteiger partial charge on any atom is -0.497 e. The third-order valence-corrected chi connectivity index (χ3v) is 5.54. The molecule has 0 saturated carbocycles. The summed E-state index contributed by atoms with van der Waals surface area (Å²) in [5, 5.41) is 13.5. The number of carbonyl (C=O) groups is 1. The van der Waals surface area contributed by atoms with Crippen molar-refractivity contribution in [1.82, 2.24) is 15.8 Å². The number of hydrogen-bond donors (Lipinski definition) is 4. The lowest BCUT2D eigenvalue weighted by atomic mass is 10.0. The van der Waals surface area contributed by atoms with Gasteiger partial charge in [0.2, 0.25) is 0 Å². The fourth-order valence-corrected chi connectivity index (χ4v) is 4.04. The van der Waals surface area contributed by atoms with Gasteiger partial charge < -0.3 is 15.0 Å². The van der Waals surface area contributed by atoms with Gasteiger partial charge in [-0.1, -0.05) is 18.2 Å². The molecule has 0 bridgehead atoms. The van der Waals surface area contributed by atoms with E-state index < -0.39 is 5.91 Å². The smallest absolute Gasteiger partial charge is 0.267 e. The third-order valence-electron chi connectivity index (χ3n) is 5.54. The van der Waals surface area contributed by atoms with Gasteiger partial charge in [-0.3, -0.25) is 10.0 Å². The molecule has 1 aliphatic rings. The van der Waals surface area contributed by atoms with Crippen molar-refractivity contribution >= 4 is 22.9 Å². The molecule has 3 aromatic rings. The molecule has 2 aromatic carbocycles. The quantitative estimate of drug-likeness (QED) is 0.282. The molecule has 1 aromatic heterocycles. The predicted molar refractivity (Wildman–Crippen MR) is 113 cm³/mol. The summed E-state index contributed by atoms with van der Waals surface area (Å²) in [6, 6.07) is 12.7. The van der Waals surface area contributed by atoms with Crippen LogP contribution in [0.4, 0.5) is 0 Å². The topological polar surface area (TPSA) is 86.4 Å². The molecular formula is C23H25N3O3. The minimum absolute atomic E-state index is 0.356. The Morgan fingerprint density at radius 1 is 1.31 bits per heavy atom. The van der Waals surface area contributed by atoms with Crippen LogP contribution in [0, 0.1) is 0 Å². The van der Waals surface area contributed by atoms with E-state index in [1.165, 1.54) is 28.2 Å². The highest BCUT2D eigenvalue weighted by Crippen LogP contribution is 2.32. The van der Waals surface area contributed by atoms with Gasteiger partial charge in [-0.05, 0) is 66.3 Å². The van der Waals surface area contributed by atoms with Crippen molar-refractivity contribution < 1.29 is 14.7 Å². The van der Waals surface area contributed by atoms with Gasteiger partial charge in [-0.25, -0.2) is 5.48 Å². The van der Waals surface area contributed by atoms with Crippen molar-refractivity contribution in [3.8, 4) is 5.75 Å². The molecule has 0 spiro atoms. The van der Waals surface area contributed by atoms with Crippen LogP contribution in [0.3, 0.4) is 0 Å². The molecule has 4 N–H and O–H groups in total. The van der Waals surface area contributed by atoms with Gasteiger partial charge in [0.25, 0.3) is 5.91 Å². The van der Waals surface area contributed by atoms with Crippen molar-refractivity contribution in [2.24, 2.45) is 0 Å². The first-order valence-electron chi connectivity index (χ1n) is 9.80. The average molecular weight is 391 g/mol. The number of rotatable bonds is 7. The Kier molecular flexibility index (Phi) is 5.64. The maximum absolute atomic E-state index is 11.1. The number of methoxy groups -OCH3 is 1. The van der Waals surface area contributed by atoms with E-state index in [-0.39, 0.29) is 0 Å². The second-order valence-corrected chi connectivity index (χ2v) is 7.29. The molecule has 1 aliphatic carbocycles. The van der Waals surface area contributed by atoms with Crippen LogP contribution in [-0.4, -0.2) is 29.8 Å². The molecule has 1 amide bonds. The minimum atomic E-state index is -0.527. The molecule has 6 heteroatoms. The first-order chi connectivity index (χ1) is 14.2. The van der Waals surface area contributed by atoms with Crippen LogP contribution in [0.5, 0.6) is 5.75 Å². The molecule has 150 valence electrons. The average Bonchev–Trinajstić information content (AvgIpc) is 3.35. The van der Waals surface area contributed by atoms with Crippen LogP contribution >= 0.6 is 0 Å². The van der Waals surface area contributed by atoms with Crippen LogP contribution in [0.1, 0.15) is 34.7 Å². The number of benzene rings is 2. The summed E-state index contributed by atoms with van der Waals surface area (Å²) in [5.74, 6) is 0.332. The lowest BCUT2D eigenvalue weighted by molar-refractivity contribution is -0.124. The molecule has 29 heavy (non-hydrogen) atoms. The zero-order valence-electron chi connectivity index (χ0n) is 16.4. The number of aryl methyl sites for hydroxylation is 1. The van der Waals surface area contributed by atoms with Crippen LogP contribution in [-0.2, 0) is 17.6 Å². The maximum atomic E-state index is 11.1. The highest BCUT2D eigenvalue weighted by atomic mass is 16.5. The first-order valence-corrected chi connectivity index (χ1v) is 9.80. The van der Waals surface area contributed by atoms with Crippen LogP contribution in [0.2, 0.25) is 0 Å². The first kappa shape index (κ1) is 19.2. The zero-order valence-corrected chi connectivity index (χ0v) is 16.4. The summed E-state index contributed by atoms with van der Waals surface area (Å²) < 4.78 is 5.29. The van der Waals surface area contributed by atoms with E-state index in [9.17, 15) is 4.79 Å². The van der Waals surface area contributed by atoms with Gasteiger partial charge >= 0.3 is 0 Å². The third kappa shape index (κ3) is 4.18. The Balaban J connectivity index is 1.37. The van der Waals surface area contributed by atoms with Crippen molar-refractivity contribution in [1.29, 1.82) is 0 Å². The van der Waals surface area contributed by atoms with E-state index in [0.717, 1.165) is 42.6 Å². The Hall–Kier alpha value is -3.09. The number of hydroxylamine groups is 1. The number of fused-ring (bicyclic) bond motifs is 2. The monoisotopic (exact) mass is 391 g/mol. The standard InChI is InChI=1S/C23H25N3O3/c1-29-18-5-7-20-17(14-25-22(20)13-18)10-11-24-21-8-4-16-12-15(2-6-19(16)21)3-9-23(27)26-28/h2-3,5-7,9,12-14,21,24-25,28H,4,8,10-11H2,1H3,(H,26,27)/b9-3+. The number of amides is 1. The van der Waals surface area contributed by atoms with Crippen molar-refractivity contribution in [2.75, 3.05) is 13.7 Å². The number of aromatic amines is 1. The zero-order chi connectivity index (χ0) is 20.2. The highest BCUT2D eigenvalue weighted by molar-refractivity contribution is 5.90. The molecule has 0 radical (unpaired) electrons. The van der Waals surface area contributed by atoms with Gasteiger partial charge in [0.1, 0.15) is 5.75 Å². The Bertz CT molecular complexity index is 1050.